The number of benzene rings is 1. The minimum absolute atomic E-state index is 0.194. The Morgan fingerprint density at radius 2 is 1.94 bits per heavy atom. The third-order valence-electron chi connectivity index (χ3n) is 2.36. The van der Waals surface area contributed by atoms with Gasteiger partial charge in [0.25, 0.3) is 0 Å². The topological polar surface area (TPSA) is 0 Å². The zero-order valence-electron chi connectivity index (χ0n) is 8.81. The van der Waals surface area contributed by atoms with Gasteiger partial charge in [-0.2, -0.15) is 0 Å². The molecule has 0 nitrogen and oxygen atoms in total. The zero-order valence-corrected chi connectivity index (χ0v) is 14.0. The third-order valence-corrected chi connectivity index (χ3v) is 6.17. The van der Waals surface area contributed by atoms with Gasteiger partial charge in [0, 0.05) is 8.45 Å². The summed E-state index contributed by atoms with van der Waals surface area (Å²) in [5, 5.41) is 0.536. The molecule has 0 radical (unpaired) electrons. The number of hydrogen-bond acceptors (Lipinski definition) is 1. The lowest BCUT2D eigenvalue weighted by molar-refractivity contribution is 1.18. The molecule has 0 saturated carbocycles. The number of rotatable bonds is 2. The predicted octanol–water partition coefficient (Wildman–Crippen LogP) is 6.30. The van der Waals surface area contributed by atoms with Gasteiger partial charge in [0.05, 0.1) is 14.7 Å². The number of thiophene rings is 1. The summed E-state index contributed by atoms with van der Waals surface area (Å²) in [5.41, 5.74) is 2.06. The fourth-order valence-corrected chi connectivity index (χ4v) is 3.52. The first-order chi connectivity index (χ1) is 7.99. The number of aryl methyl sites for hydroxylation is 1. The fourth-order valence-electron chi connectivity index (χ4n) is 1.44. The first kappa shape index (κ1) is 13.9. The molecule has 1 aromatic heterocycles. The molecule has 90 valence electrons. The fraction of sp³-hybridized carbons (Fsp3) is 0.167. The standard InChI is InChI=1S/C12H8Cl3IS/c1-6-4-10(17-12(6)15)11(14)7-2-3-9(16)8(13)5-7/h2-5,11H,1H3. The minimum Gasteiger partial charge on any atom is -0.126 e. The van der Waals surface area contributed by atoms with Crippen molar-refractivity contribution in [3.63, 3.8) is 0 Å². The van der Waals surface area contributed by atoms with E-state index in [1.807, 2.05) is 31.2 Å². The van der Waals surface area contributed by atoms with E-state index in [4.69, 9.17) is 34.8 Å². The second-order valence-electron chi connectivity index (χ2n) is 3.64. The Balaban J connectivity index is 2.36. The first-order valence-corrected chi connectivity index (χ1v) is 7.92. The summed E-state index contributed by atoms with van der Waals surface area (Å²) in [6.45, 7) is 1.98. The van der Waals surface area contributed by atoms with Crippen LogP contribution in [-0.2, 0) is 0 Å². The molecule has 1 atom stereocenters. The molecule has 0 spiro atoms. The van der Waals surface area contributed by atoms with Crippen molar-refractivity contribution in [3.8, 4) is 0 Å². The van der Waals surface area contributed by atoms with Crippen LogP contribution in [0.1, 0.15) is 21.4 Å². The molecular weight excluding hydrogens is 409 g/mol. The Hall–Kier alpha value is 0.520. The van der Waals surface area contributed by atoms with E-state index >= 15 is 0 Å². The van der Waals surface area contributed by atoms with Crippen molar-refractivity contribution in [1.29, 1.82) is 0 Å². The van der Waals surface area contributed by atoms with Gasteiger partial charge in [-0.05, 0) is 58.8 Å². The highest BCUT2D eigenvalue weighted by Gasteiger charge is 2.15. The molecule has 0 aliphatic carbocycles. The van der Waals surface area contributed by atoms with Gasteiger partial charge in [0.15, 0.2) is 0 Å². The van der Waals surface area contributed by atoms with Crippen molar-refractivity contribution in [2.75, 3.05) is 0 Å². The van der Waals surface area contributed by atoms with Crippen molar-refractivity contribution in [3.05, 3.63) is 53.2 Å². The molecule has 1 heterocycles. The average molecular weight is 418 g/mol. The van der Waals surface area contributed by atoms with E-state index in [2.05, 4.69) is 22.6 Å². The van der Waals surface area contributed by atoms with Gasteiger partial charge >= 0.3 is 0 Å². The van der Waals surface area contributed by atoms with Crippen LogP contribution in [0.25, 0.3) is 0 Å². The maximum atomic E-state index is 6.43. The van der Waals surface area contributed by atoms with Crippen molar-refractivity contribution >= 4 is 68.7 Å². The Kier molecular flexibility index (Phi) is 4.64. The average Bonchev–Trinajstić information content (AvgIpc) is 2.62. The SMILES string of the molecule is Cc1cc(C(Cl)c2ccc(I)c(Cl)c2)sc1Cl. The lowest BCUT2D eigenvalue weighted by atomic mass is 10.1. The Bertz CT molecular complexity index is 531. The second kappa shape index (κ2) is 5.66. The lowest BCUT2D eigenvalue weighted by Crippen LogP contribution is -1.90. The molecule has 0 saturated heterocycles. The van der Waals surface area contributed by atoms with Crippen molar-refractivity contribution in [2.45, 2.75) is 12.3 Å². The van der Waals surface area contributed by atoms with E-state index in [9.17, 15) is 0 Å². The summed E-state index contributed by atoms with van der Waals surface area (Å²) in [4.78, 5) is 1.05. The Morgan fingerprint density at radius 1 is 1.24 bits per heavy atom. The van der Waals surface area contributed by atoms with Crippen molar-refractivity contribution in [2.24, 2.45) is 0 Å². The van der Waals surface area contributed by atoms with E-state index in [1.54, 1.807) is 0 Å². The summed E-state index contributed by atoms with van der Waals surface area (Å²) in [6, 6.07) is 7.89. The number of hydrogen-bond donors (Lipinski definition) is 0. The van der Waals surface area contributed by atoms with Gasteiger partial charge in [-0.1, -0.05) is 29.3 Å². The van der Waals surface area contributed by atoms with Crippen LogP contribution in [0.2, 0.25) is 9.36 Å². The maximum absolute atomic E-state index is 6.43. The monoisotopic (exact) mass is 416 g/mol. The van der Waals surface area contributed by atoms with E-state index in [0.29, 0.717) is 0 Å². The van der Waals surface area contributed by atoms with E-state index in [-0.39, 0.29) is 5.38 Å². The molecule has 1 aromatic carbocycles. The molecule has 5 heteroatoms. The van der Waals surface area contributed by atoms with Gasteiger partial charge in [-0.25, -0.2) is 0 Å². The predicted molar refractivity (Wildman–Crippen MR) is 85.9 cm³/mol. The smallest absolute Gasteiger partial charge is 0.0960 e. The molecule has 0 aliphatic heterocycles. The summed E-state index contributed by atoms with van der Waals surface area (Å²) < 4.78 is 1.82. The summed E-state index contributed by atoms with van der Waals surface area (Å²) in [5.74, 6) is 0. The van der Waals surface area contributed by atoms with E-state index in [0.717, 1.165) is 28.9 Å². The van der Waals surface area contributed by atoms with Crippen LogP contribution in [0.4, 0.5) is 0 Å². The zero-order chi connectivity index (χ0) is 12.6. The van der Waals surface area contributed by atoms with Gasteiger partial charge in [0.2, 0.25) is 0 Å². The molecule has 2 rings (SSSR count). The molecule has 0 aliphatic rings. The van der Waals surface area contributed by atoms with Crippen molar-refractivity contribution < 1.29 is 0 Å². The molecule has 0 amide bonds. The number of alkyl halides is 1. The lowest BCUT2D eigenvalue weighted by Gasteiger charge is -2.08. The Morgan fingerprint density at radius 3 is 2.47 bits per heavy atom. The van der Waals surface area contributed by atoms with E-state index < -0.39 is 0 Å². The van der Waals surface area contributed by atoms with E-state index in [1.165, 1.54) is 11.3 Å². The first-order valence-electron chi connectivity index (χ1n) is 4.84. The van der Waals surface area contributed by atoms with Crippen LogP contribution in [0.3, 0.4) is 0 Å². The molecule has 0 bridgehead atoms. The molecule has 17 heavy (non-hydrogen) atoms. The van der Waals surface area contributed by atoms with Crippen LogP contribution in [0.15, 0.2) is 24.3 Å². The summed E-state index contributed by atoms with van der Waals surface area (Å²) >= 11 is 22.3. The van der Waals surface area contributed by atoms with Gasteiger partial charge in [-0.3, -0.25) is 0 Å². The molecule has 1 unspecified atom stereocenters. The van der Waals surface area contributed by atoms with Crippen LogP contribution in [0.5, 0.6) is 0 Å². The largest absolute Gasteiger partial charge is 0.126 e. The Labute approximate surface area is 133 Å². The quantitative estimate of drug-likeness (QED) is 0.398. The highest BCUT2D eigenvalue weighted by atomic mass is 127. The van der Waals surface area contributed by atoms with Crippen LogP contribution in [-0.4, -0.2) is 0 Å². The third kappa shape index (κ3) is 3.10. The second-order valence-corrected chi connectivity index (χ2v) is 7.33. The van der Waals surface area contributed by atoms with Gasteiger partial charge in [0.1, 0.15) is 0 Å². The van der Waals surface area contributed by atoms with Crippen LogP contribution >= 0.6 is 68.7 Å². The number of halogens is 4. The molecule has 0 fully saturated rings. The highest BCUT2D eigenvalue weighted by molar-refractivity contribution is 14.1. The highest BCUT2D eigenvalue weighted by Crippen LogP contribution is 2.38. The molecule has 0 N–H and O–H groups in total. The van der Waals surface area contributed by atoms with Gasteiger partial charge in [-0.15, -0.1) is 22.9 Å². The van der Waals surface area contributed by atoms with Crippen LogP contribution < -0.4 is 0 Å². The summed E-state index contributed by atoms with van der Waals surface area (Å²) in [6.07, 6.45) is 0. The molecular formula is C12H8Cl3IS. The molecule has 2 aromatic rings. The normalized spacial score (nSPS) is 12.8. The maximum Gasteiger partial charge on any atom is 0.0960 e. The van der Waals surface area contributed by atoms with Gasteiger partial charge < -0.3 is 0 Å². The van der Waals surface area contributed by atoms with Crippen LogP contribution in [0, 0.1) is 10.5 Å². The van der Waals surface area contributed by atoms with Crippen molar-refractivity contribution in [1.82, 2.24) is 0 Å². The summed E-state index contributed by atoms with van der Waals surface area (Å²) in [7, 11) is 0. The minimum atomic E-state index is -0.194.